The molecule has 4 heteroatoms. The third-order valence-electron chi connectivity index (χ3n) is 2.66. The highest BCUT2D eigenvalue weighted by molar-refractivity contribution is 5.45. The van der Waals surface area contributed by atoms with Gasteiger partial charge in [0, 0.05) is 13.1 Å². The van der Waals surface area contributed by atoms with E-state index in [2.05, 4.69) is 17.9 Å². The van der Waals surface area contributed by atoms with Crippen LogP contribution >= 0.6 is 0 Å². The Labute approximate surface area is 102 Å². The number of methoxy groups -OCH3 is 1. The lowest BCUT2D eigenvalue weighted by Gasteiger charge is -2.19. The third kappa shape index (κ3) is 3.74. The predicted octanol–water partition coefficient (Wildman–Crippen LogP) is 1.38. The number of benzene rings is 1. The molecule has 0 bridgehead atoms. The Morgan fingerprint density at radius 2 is 2.24 bits per heavy atom. The van der Waals surface area contributed by atoms with Gasteiger partial charge in [-0.1, -0.05) is 13.0 Å². The summed E-state index contributed by atoms with van der Waals surface area (Å²) in [6.45, 7) is 4.48. The number of nitriles is 1. The zero-order chi connectivity index (χ0) is 12.7. The molecule has 0 aliphatic rings. The molecule has 1 aromatic carbocycles. The average molecular weight is 234 g/mol. The van der Waals surface area contributed by atoms with Gasteiger partial charge in [0.05, 0.1) is 19.3 Å². The van der Waals surface area contributed by atoms with Crippen molar-refractivity contribution in [3.8, 4) is 11.8 Å². The zero-order valence-corrected chi connectivity index (χ0v) is 10.3. The second-order valence-electron chi connectivity index (χ2n) is 3.74. The van der Waals surface area contributed by atoms with E-state index in [4.69, 9.17) is 15.1 Å². The van der Waals surface area contributed by atoms with Crippen molar-refractivity contribution in [3.63, 3.8) is 0 Å². The van der Waals surface area contributed by atoms with Crippen LogP contribution in [-0.4, -0.2) is 36.8 Å². The van der Waals surface area contributed by atoms with E-state index in [-0.39, 0.29) is 6.61 Å². The normalized spacial score (nSPS) is 10.3. The molecule has 1 N–H and O–H groups in total. The first-order valence-electron chi connectivity index (χ1n) is 5.65. The summed E-state index contributed by atoms with van der Waals surface area (Å²) < 4.78 is 5.16. The number of nitrogens with zero attached hydrogens (tertiary/aromatic N) is 2. The van der Waals surface area contributed by atoms with Gasteiger partial charge in [-0.15, -0.1) is 0 Å². The Hall–Kier alpha value is -1.57. The SMILES string of the molecule is CCN(CCO)Cc1ccc(C#N)c(OC)c1. The van der Waals surface area contributed by atoms with E-state index in [1.807, 2.05) is 12.1 Å². The topological polar surface area (TPSA) is 56.5 Å². The Morgan fingerprint density at radius 1 is 1.47 bits per heavy atom. The van der Waals surface area contributed by atoms with Crippen LogP contribution in [-0.2, 0) is 6.54 Å². The number of hydrogen-bond acceptors (Lipinski definition) is 4. The lowest BCUT2D eigenvalue weighted by atomic mass is 10.1. The van der Waals surface area contributed by atoms with Crippen LogP contribution in [0.3, 0.4) is 0 Å². The van der Waals surface area contributed by atoms with E-state index in [0.717, 1.165) is 18.7 Å². The molecule has 0 heterocycles. The quantitative estimate of drug-likeness (QED) is 0.808. The van der Waals surface area contributed by atoms with Crippen LogP contribution in [0.2, 0.25) is 0 Å². The van der Waals surface area contributed by atoms with E-state index in [0.29, 0.717) is 17.9 Å². The van der Waals surface area contributed by atoms with Gasteiger partial charge in [-0.3, -0.25) is 4.90 Å². The molecule has 17 heavy (non-hydrogen) atoms. The predicted molar refractivity (Wildman–Crippen MR) is 65.7 cm³/mol. The summed E-state index contributed by atoms with van der Waals surface area (Å²) in [6, 6.07) is 7.64. The lowest BCUT2D eigenvalue weighted by molar-refractivity contribution is 0.196. The molecule has 0 aromatic heterocycles. The summed E-state index contributed by atoms with van der Waals surface area (Å²) in [4.78, 5) is 2.13. The Balaban J connectivity index is 2.82. The van der Waals surface area contributed by atoms with Gasteiger partial charge in [0.1, 0.15) is 11.8 Å². The summed E-state index contributed by atoms with van der Waals surface area (Å²) >= 11 is 0. The minimum absolute atomic E-state index is 0.154. The molecule has 0 radical (unpaired) electrons. The molecule has 0 amide bonds. The molecule has 0 spiro atoms. The highest BCUT2D eigenvalue weighted by Gasteiger charge is 2.07. The summed E-state index contributed by atoms with van der Waals surface area (Å²) in [5, 5.41) is 17.8. The third-order valence-corrected chi connectivity index (χ3v) is 2.66. The van der Waals surface area contributed by atoms with Gasteiger partial charge in [0.15, 0.2) is 0 Å². The van der Waals surface area contributed by atoms with Gasteiger partial charge < -0.3 is 9.84 Å². The Morgan fingerprint density at radius 3 is 2.76 bits per heavy atom. The highest BCUT2D eigenvalue weighted by Crippen LogP contribution is 2.20. The van der Waals surface area contributed by atoms with Crippen molar-refractivity contribution in [1.82, 2.24) is 4.90 Å². The van der Waals surface area contributed by atoms with Crippen LogP contribution in [0.15, 0.2) is 18.2 Å². The van der Waals surface area contributed by atoms with E-state index in [1.165, 1.54) is 0 Å². The van der Waals surface area contributed by atoms with Crippen LogP contribution in [0.1, 0.15) is 18.1 Å². The van der Waals surface area contributed by atoms with Gasteiger partial charge in [-0.2, -0.15) is 5.26 Å². The van der Waals surface area contributed by atoms with E-state index in [9.17, 15) is 0 Å². The van der Waals surface area contributed by atoms with Crippen molar-refractivity contribution in [3.05, 3.63) is 29.3 Å². The van der Waals surface area contributed by atoms with Crippen molar-refractivity contribution >= 4 is 0 Å². The molecule has 0 atom stereocenters. The lowest BCUT2D eigenvalue weighted by Crippen LogP contribution is -2.26. The Bertz CT molecular complexity index is 399. The number of aliphatic hydroxyl groups excluding tert-OH is 1. The number of ether oxygens (including phenoxy) is 1. The first-order valence-corrected chi connectivity index (χ1v) is 5.65. The summed E-state index contributed by atoms with van der Waals surface area (Å²) in [6.07, 6.45) is 0. The fourth-order valence-corrected chi connectivity index (χ4v) is 1.67. The van der Waals surface area contributed by atoms with E-state index < -0.39 is 0 Å². The molecule has 1 aromatic rings. The molecule has 1 rings (SSSR count). The number of hydrogen-bond donors (Lipinski definition) is 1. The number of aliphatic hydroxyl groups is 1. The van der Waals surface area contributed by atoms with E-state index in [1.54, 1.807) is 13.2 Å². The van der Waals surface area contributed by atoms with Gasteiger partial charge in [0.2, 0.25) is 0 Å². The van der Waals surface area contributed by atoms with Crippen molar-refractivity contribution in [2.24, 2.45) is 0 Å². The minimum atomic E-state index is 0.154. The maximum absolute atomic E-state index is 8.92. The number of likely N-dealkylation sites (N-methyl/N-ethyl adjacent to an activating group) is 1. The van der Waals surface area contributed by atoms with Gasteiger partial charge in [0.25, 0.3) is 0 Å². The standard InChI is InChI=1S/C13H18N2O2/c1-3-15(6-7-16)10-11-4-5-12(9-14)13(8-11)17-2/h4-5,8,16H,3,6-7,10H2,1-2H3. The molecule has 0 aliphatic carbocycles. The highest BCUT2D eigenvalue weighted by atomic mass is 16.5. The first-order chi connectivity index (χ1) is 8.24. The van der Waals surface area contributed by atoms with Crippen LogP contribution in [0.4, 0.5) is 0 Å². The van der Waals surface area contributed by atoms with Crippen molar-refractivity contribution in [2.45, 2.75) is 13.5 Å². The van der Waals surface area contributed by atoms with Crippen LogP contribution in [0.5, 0.6) is 5.75 Å². The largest absolute Gasteiger partial charge is 0.495 e. The molecule has 0 aliphatic heterocycles. The molecular formula is C13H18N2O2. The molecule has 92 valence electrons. The van der Waals surface area contributed by atoms with Crippen LogP contribution in [0, 0.1) is 11.3 Å². The molecule has 0 fully saturated rings. The van der Waals surface area contributed by atoms with Crippen LogP contribution in [0.25, 0.3) is 0 Å². The monoisotopic (exact) mass is 234 g/mol. The van der Waals surface area contributed by atoms with Crippen molar-refractivity contribution < 1.29 is 9.84 Å². The summed E-state index contributed by atoms with van der Waals surface area (Å²) in [5.74, 6) is 0.602. The first kappa shape index (κ1) is 13.5. The van der Waals surface area contributed by atoms with Crippen molar-refractivity contribution in [1.29, 1.82) is 5.26 Å². The van der Waals surface area contributed by atoms with Crippen LogP contribution < -0.4 is 4.74 Å². The Kier molecular flexibility index (Phi) is 5.47. The fraction of sp³-hybridized carbons (Fsp3) is 0.462. The average Bonchev–Trinajstić information content (AvgIpc) is 2.38. The van der Waals surface area contributed by atoms with Crippen molar-refractivity contribution in [2.75, 3.05) is 26.8 Å². The van der Waals surface area contributed by atoms with Gasteiger partial charge in [-0.25, -0.2) is 0 Å². The molecule has 0 saturated heterocycles. The van der Waals surface area contributed by atoms with E-state index >= 15 is 0 Å². The second kappa shape index (κ2) is 6.89. The maximum atomic E-state index is 8.92. The van der Waals surface area contributed by atoms with Gasteiger partial charge >= 0.3 is 0 Å². The number of rotatable bonds is 6. The minimum Gasteiger partial charge on any atom is -0.495 e. The smallest absolute Gasteiger partial charge is 0.136 e. The molecule has 0 saturated carbocycles. The zero-order valence-electron chi connectivity index (χ0n) is 10.3. The summed E-state index contributed by atoms with van der Waals surface area (Å²) in [5.41, 5.74) is 1.62. The fourth-order valence-electron chi connectivity index (χ4n) is 1.67. The maximum Gasteiger partial charge on any atom is 0.136 e. The summed E-state index contributed by atoms with van der Waals surface area (Å²) in [7, 11) is 1.56. The molecular weight excluding hydrogens is 216 g/mol. The molecule has 4 nitrogen and oxygen atoms in total. The molecule has 0 unspecified atom stereocenters. The van der Waals surface area contributed by atoms with Gasteiger partial charge in [-0.05, 0) is 24.2 Å². The second-order valence-corrected chi connectivity index (χ2v) is 3.74.